The molecule has 0 radical (unpaired) electrons. The highest BCUT2D eigenvalue weighted by Crippen LogP contribution is 2.44. The van der Waals surface area contributed by atoms with Crippen molar-refractivity contribution in [3.8, 4) is 5.75 Å². The van der Waals surface area contributed by atoms with E-state index < -0.39 is 13.9 Å². The summed E-state index contributed by atoms with van der Waals surface area (Å²) in [5.74, 6) is 0.781. The second kappa shape index (κ2) is 8.65. The van der Waals surface area contributed by atoms with Crippen LogP contribution in [0, 0.1) is 5.92 Å². The van der Waals surface area contributed by atoms with Gasteiger partial charge in [-0.2, -0.15) is 0 Å². The highest BCUT2D eigenvalue weighted by atomic mass is 28.4. The number of imidazole rings is 1. The minimum Gasteiger partial charge on any atom is -0.496 e. The van der Waals surface area contributed by atoms with Gasteiger partial charge in [-0.1, -0.05) is 52.8 Å². The number of hydrogen-bond donors (Lipinski definition) is 2. The maximum Gasteiger partial charge on any atom is 0.192 e. The van der Waals surface area contributed by atoms with Crippen molar-refractivity contribution in [1.29, 1.82) is 0 Å². The number of H-pyrrole nitrogens is 1. The van der Waals surface area contributed by atoms with Gasteiger partial charge in [0.15, 0.2) is 8.32 Å². The Hall–Kier alpha value is -2.15. The minimum atomic E-state index is -1.97. The summed E-state index contributed by atoms with van der Waals surface area (Å²) in [6.45, 7) is 17.4. The summed E-state index contributed by atoms with van der Waals surface area (Å²) in [4.78, 5) is 7.22. The summed E-state index contributed by atoms with van der Waals surface area (Å²) in [7, 11) is -0.270. The van der Waals surface area contributed by atoms with Crippen LogP contribution in [0.4, 0.5) is 0 Å². The Bertz CT molecular complexity index is 1070. The highest BCUT2D eigenvalue weighted by molar-refractivity contribution is 6.74. The molecule has 0 aliphatic heterocycles. The van der Waals surface area contributed by atoms with Crippen LogP contribution in [0.15, 0.2) is 42.9 Å². The van der Waals surface area contributed by atoms with E-state index in [-0.39, 0.29) is 17.1 Å². The van der Waals surface area contributed by atoms with E-state index in [9.17, 15) is 5.11 Å². The van der Waals surface area contributed by atoms with Gasteiger partial charge < -0.3 is 19.3 Å². The molecule has 3 rings (SSSR count). The zero-order chi connectivity index (χ0) is 23.9. The first kappa shape index (κ1) is 24.5. The Morgan fingerprint density at radius 2 is 1.75 bits per heavy atom. The Balaban J connectivity index is 2.13. The topological polar surface area (TPSA) is 67.4 Å². The number of hydrogen-bond acceptors (Lipinski definition) is 4. The zero-order valence-electron chi connectivity index (χ0n) is 20.9. The first-order valence-electron chi connectivity index (χ1n) is 11.3. The summed E-state index contributed by atoms with van der Waals surface area (Å²) < 4.78 is 12.5. The standard InChI is InChI=1S/C26H38N2O3Si/c1-17(2)26(29,23-15-27-16-28-23)20-11-12-21-19(14-20)10-13-22(30-7)24(21)18(3)31-32(8,9)25(4,5)6/h10-18,29H,1-9H3,(H,27,28). The van der Waals surface area contributed by atoms with Crippen LogP contribution in [0.25, 0.3) is 10.8 Å². The molecule has 2 atom stereocenters. The third kappa shape index (κ3) is 4.23. The second-order valence-electron chi connectivity index (χ2n) is 10.5. The molecule has 0 amide bonds. The number of ether oxygens (including phenoxy) is 1. The quantitative estimate of drug-likeness (QED) is 0.397. The average molecular weight is 455 g/mol. The molecule has 3 aromatic rings. The third-order valence-corrected chi connectivity index (χ3v) is 11.7. The fraction of sp³-hybridized carbons (Fsp3) is 0.500. The van der Waals surface area contributed by atoms with Crippen molar-refractivity contribution in [2.45, 2.75) is 71.4 Å². The molecule has 6 heteroatoms. The highest BCUT2D eigenvalue weighted by Gasteiger charge is 2.40. The molecule has 1 heterocycles. The van der Waals surface area contributed by atoms with E-state index in [1.54, 1.807) is 19.6 Å². The van der Waals surface area contributed by atoms with Gasteiger partial charge in [-0.05, 0) is 59.4 Å². The number of methoxy groups -OCH3 is 1. The van der Waals surface area contributed by atoms with Gasteiger partial charge >= 0.3 is 0 Å². The maximum atomic E-state index is 11.7. The van der Waals surface area contributed by atoms with Gasteiger partial charge in [0.05, 0.1) is 31.4 Å². The average Bonchev–Trinajstić information content (AvgIpc) is 3.25. The molecular weight excluding hydrogens is 416 g/mol. The van der Waals surface area contributed by atoms with E-state index in [4.69, 9.17) is 9.16 Å². The first-order valence-corrected chi connectivity index (χ1v) is 14.2. The van der Waals surface area contributed by atoms with Gasteiger partial charge in [-0.15, -0.1) is 0 Å². The lowest BCUT2D eigenvalue weighted by Gasteiger charge is -2.39. The molecule has 0 saturated carbocycles. The molecule has 174 valence electrons. The molecule has 0 saturated heterocycles. The number of aliphatic hydroxyl groups is 1. The number of nitrogens with one attached hydrogen (secondary N) is 1. The summed E-state index contributed by atoms with van der Waals surface area (Å²) in [6, 6.07) is 10.2. The van der Waals surface area contributed by atoms with Crippen LogP contribution in [0.5, 0.6) is 5.75 Å². The molecule has 5 nitrogen and oxygen atoms in total. The van der Waals surface area contributed by atoms with Crippen molar-refractivity contribution >= 4 is 19.1 Å². The van der Waals surface area contributed by atoms with E-state index in [0.29, 0.717) is 5.69 Å². The number of nitrogens with zero attached hydrogens (tertiary/aromatic N) is 1. The summed E-state index contributed by atoms with van der Waals surface area (Å²) in [6.07, 6.45) is 3.18. The van der Waals surface area contributed by atoms with Crippen molar-refractivity contribution in [2.75, 3.05) is 7.11 Å². The molecule has 0 spiro atoms. The Morgan fingerprint density at radius 1 is 1.06 bits per heavy atom. The third-order valence-electron chi connectivity index (χ3n) is 7.11. The van der Waals surface area contributed by atoms with E-state index in [1.165, 1.54) is 0 Å². The second-order valence-corrected chi connectivity index (χ2v) is 15.3. The van der Waals surface area contributed by atoms with Gasteiger partial charge in [0.1, 0.15) is 11.4 Å². The van der Waals surface area contributed by atoms with Crippen molar-refractivity contribution in [2.24, 2.45) is 5.92 Å². The van der Waals surface area contributed by atoms with E-state index in [1.807, 2.05) is 32.0 Å². The Labute approximate surface area is 193 Å². The molecule has 0 bridgehead atoms. The van der Waals surface area contributed by atoms with Gasteiger partial charge in [0.2, 0.25) is 0 Å². The first-order chi connectivity index (χ1) is 14.8. The van der Waals surface area contributed by atoms with Crippen molar-refractivity contribution in [3.63, 3.8) is 0 Å². The minimum absolute atomic E-state index is 0.0426. The zero-order valence-corrected chi connectivity index (χ0v) is 21.9. The molecule has 1 aromatic heterocycles. The number of benzene rings is 2. The fourth-order valence-electron chi connectivity index (χ4n) is 4.11. The lowest BCUT2D eigenvalue weighted by molar-refractivity contribution is 0.0281. The van der Waals surface area contributed by atoms with Gasteiger partial charge in [-0.25, -0.2) is 4.98 Å². The van der Waals surface area contributed by atoms with E-state index in [2.05, 4.69) is 62.9 Å². The Morgan fingerprint density at radius 3 is 2.28 bits per heavy atom. The number of rotatable bonds is 7. The lowest BCUT2D eigenvalue weighted by Crippen LogP contribution is -2.41. The summed E-state index contributed by atoms with van der Waals surface area (Å²) in [5.41, 5.74) is 1.41. The number of fused-ring (bicyclic) bond motifs is 1. The van der Waals surface area contributed by atoms with Crippen LogP contribution in [0.1, 0.15) is 64.5 Å². The fourth-order valence-corrected chi connectivity index (χ4v) is 5.47. The molecule has 2 aromatic carbocycles. The number of aromatic nitrogens is 2. The largest absolute Gasteiger partial charge is 0.496 e. The van der Waals surface area contributed by atoms with Gasteiger partial charge in [0.25, 0.3) is 0 Å². The molecule has 2 N–H and O–H groups in total. The smallest absolute Gasteiger partial charge is 0.192 e. The molecule has 2 unspecified atom stereocenters. The monoisotopic (exact) mass is 454 g/mol. The predicted octanol–water partition coefficient (Wildman–Crippen LogP) is 6.55. The van der Waals surface area contributed by atoms with Crippen molar-refractivity contribution in [3.05, 3.63) is 59.7 Å². The van der Waals surface area contributed by atoms with Crippen LogP contribution >= 0.6 is 0 Å². The van der Waals surface area contributed by atoms with Crippen LogP contribution in [0.2, 0.25) is 18.1 Å². The molecule has 32 heavy (non-hydrogen) atoms. The van der Waals surface area contributed by atoms with Crippen LogP contribution in [0.3, 0.4) is 0 Å². The van der Waals surface area contributed by atoms with Crippen LogP contribution in [-0.4, -0.2) is 30.5 Å². The Kier molecular flexibility index (Phi) is 6.62. The van der Waals surface area contributed by atoms with E-state index >= 15 is 0 Å². The predicted molar refractivity (Wildman–Crippen MR) is 134 cm³/mol. The van der Waals surface area contributed by atoms with Crippen LogP contribution in [-0.2, 0) is 10.0 Å². The maximum absolute atomic E-state index is 11.7. The molecule has 0 aliphatic rings. The number of aromatic amines is 1. The van der Waals surface area contributed by atoms with Crippen molar-refractivity contribution in [1.82, 2.24) is 9.97 Å². The van der Waals surface area contributed by atoms with Gasteiger partial charge in [-0.3, -0.25) is 0 Å². The summed E-state index contributed by atoms with van der Waals surface area (Å²) in [5, 5.41) is 13.9. The van der Waals surface area contributed by atoms with Crippen molar-refractivity contribution < 1.29 is 14.3 Å². The molecule has 0 aliphatic carbocycles. The summed E-state index contributed by atoms with van der Waals surface area (Å²) >= 11 is 0. The van der Waals surface area contributed by atoms with E-state index in [0.717, 1.165) is 27.6 Å². The normalized spacial score (nSPS) is 15.7. The van der Waals surface area contributed by atoms with Crippen LogP contribution < -0.4 is 4.74 Å². The SMILES string of the molecule is COc1ccc2cc(C(O)(c3cnc[nH]3)C(C)C)ccc2c1C(C)O[Si](C)(C)C(C)(C)C. The molecular formula is C26H38N2O3Si. The lowest BCUT2D eigenvalue weighted by atomic mass is 9.80. The molecule has 0 fully saturated rings. The van der Waals surface area contributed by atoms with Gasteiger partial charge in [0, 0.05) is 5.56 Å².